The van der Waals surface area contributed by atoms with Crippen molar-refractivity contribution in [3.05, 3.63) is 34.6 Å². The summed E-state index contributed by atoms with van der Waals surface area (Å²) in [6.45, 7) is 0. The lowest BCUT2D eigenvalue weighted by atomic mass is 10.1. The van der Waals surface area contributed by atoms with Gasteiger partial charge in [0.25, 0.3) is 0 Å². The molecule has 0 aliphatic rings. The fourth-order valence-electron chi connectivity index (χ4n) is 0.786. The van der Waals surface area contributed by atoms with E-state index in [9.17, 15) is 4.39 Å². The summed E-state index contributed by atoms with van der Waals surface area (Å²) in [7, 11) is 0. The lowest BCUT2D eigenvalue weighted by molar-refractivity contribution is 0.615. The van der Waals surface area contributed by atoms with E-state index in [1.165, 1.54) is 12.1 Å². The van der Waals surface area contributed by atoms with Crippen LogP contribution in [-0.2, 0) is 0 Å². The molecule has 0 heterocycles. The van der Waals surface area contributed by atoms with Crippen LogP contribution in [0.2, 0.25) is 5.02 Å². The topological polar surface area (TPSA) is 23.8 Å². The molecule has 62 valence electrons. The van der Waals surface area contributed by atoms with Crippen molar-refractivity contribution in [3.63, 3.8) is 0 Å². The summed E-state index contributed by atoms with van der Waals surface area (Å²) < 4.78 is 13.1. The summed E-state index contributed by atoms with van der Waals surface area (Å²) in [5, 5.41) is 8.53. The molecule has 1 rings (SSSR count). The minimum atomic E-state index is -0.642. The molecule has 1 unspecified atom stereocenters. The first kappa shape index (κ1) is 9.50. The van der Waals surface area contributed by atoms with Gasteiger partial charge in [0.1, 0.15) is 10.6 Å². The second kappa shape index (κ2) is 3.88. The van der Waals surface area contributed by atoms with Gasteiger partial charge in [0.2, 0.25) is 0 Å². The second-order valence-electron chi connectivity index (χ2n) is 2.13. The van der Waals surface area contributed by atoms with Crippen molar-refractivity contribution in [3.8, 4) is 6.07 Å². The molecule has 1 atom stereocenters. The maximum Gasteiger partial charge on any atom is 0.147 e. The number of halogens is 3. The zero-order valence-electron chi connectivity index (χ0n) is 5.89. The molecule has 1 aromatic rings. The van der Waals surface area contributed by atoms with E-state index in [0.29, 0.717) is 0 Å². The summed E-state index contributed by atoms with van der Waals surface area (Å²) in [4.78, 5) is -0.642. The van der Waals surface area contributed by atoms with Crippen molar-refractivity contribution in [1.29, 1.82) is 5.26 Å². The first-order valence-corrected chi connectivity index (χ1v) is 4.43. The Hall–Kier alpha value is -0.590. The van der Waals surface area contributed by atoms with Crippen molar-refractivity contribution in [2.75, 3.05) is 0 Å². The quantitative estimate of drug-likeness (QED) is 0.699. The summed E-state index contributed by atoms with van der Waals surface area (Å²) in [5.41, 5.74) is 0.269. The van der Waals surface area contributed by atoms with Gasteiger partial charge in [-0.3, -0.25) is 0 Å². The van der Waals surface area contributed by atoms with Crippen LogP contribution in [0.4, 0.5) is 4.39 Å². The third-order valence-electron chi connectivity index (χ3n) is 1.37. The number of nitriles is 1. The number of hydrogen-bond donors (Lipinski definition) is 0. The molecule has 0 fully saturated rings. The van der Waals surface area contributed by atoms with Gasteiger partial charge in [-0.25, -0.2) is 4.39 Å². The van der Waals surface area contributed by atoms with Crippen molar-refractivity contribution in [2.45, 2.75) is 4.83 Å². The van der Waals surface area contributed by atoms with Gasteiger partial charge in [-0.2, -0.15) is 5.26 Å². The molecule has 0 bridgehead atoms. The van der Waals surface area contributed by atoms with Gasteiger partial charge in [0.05, 0.1) is 11.1 Å². The zero-order valence-corrected chi connectivity index (χ0v) is 8.23. The van der Waals surface area contributed by atoms with E-state index in [-0.39, 0.29) is 10.6 Å². The Bertz CT molecular complexity index is 334. The van der Waals surface area contributed by atoms with E-state index in [1.54, 1.807) is 6.07 Å². The molecule has 0 N–H and O–H groups in total. The van der Waals surface area contributed by atoms with Gasteiger partial charge in [0, 0.05) is 5.56 Å². The Morgan fingerprint density at radius 1 is 1.58 bits per heavy atom. The Kier molecular flexibility index (Phi) is 3.07. The number of alkyl halides is 1. The Morgan fingerprint density at radius 3 is 2.83 bits per heavy atom. The number of rotatable bonds is 1. The molecule has 0 aromatic heterocycles. The highest BCUT2D eigenvalue weighted by Gasteiger charge is 2.13. The summed E-state index contributed by atoms with van der Waals surface area (Å²) in [6.07, 6.45) is 0. The minimum Gasteiger partial charge on any atom is -0.205 e. The fraction of sp³-hybridized carbons (Fsp3) is 0.125. The van der Waals surface area contributed by atoms with Crippen LogP contribution in [0.25, 0.3) is 0 Å². The largest absolute Gasteiger partial charge is 0.205 e. The van der Waals surface area contributed by atoms with E-state index in [2.05, 4.69) is 15.9 Å². The fourth-order valence-corrected chi connectivity index (χ4v) is 1.32. The third kappa shape index (κ3) is 1.77. The van der Waals surface area contributed by atoms with E-state index in [1.807, 2.05) is 6.07 Å². The van der Waals surface area contributed by atoms with Crippen molar-refractivity contribution in [2.24, 2.45) is 0 Å². The van der Waals surface area contributed by atoms with Crippen molar-refractivity contribution in [1.82, 2.24) is 0 Å². The lowest BCUT2D eigenvalue weighted by Crippen LogP contribution is -1.91. The molecule has 0 spiro atoms. The Morgan fingerprint density at radius 2 is 2.25 bits per heavy atom. The van der Waals surface area contributed by atoms with E-state index < -0.39 is 10.6 Å². The smallest absolute Gasteiger partial charge is 0.147 e. The van der Waals surface area contributed by atoms with Gasteiger partial charge >= 0.3 is 0 Å². The Labute approximate surface area is 82.9 Å². The molecular weight excluding hydrogens is 244 g/mol. The van der Waals surface area contributed by atoms with Crippen LogP contribution in [0, 0.1) is 17.1 Å². The van der Waals surface area contributed by atoms with Crippen LogP contribution in [-0.4, -0.2) is 0 Å². The van der Waals surface area contributed by atoms with Gasteiger partial charge in [-0.05, 0) is 6.07 Å². The molecule has 0 radical (unpaired) electrons. The highest BCUT2D eigenvalue weighted by atomic mass is 79.9. The van der Waals surface area contributed by atoms with Crippen LogP contribution < -0.4 is 0 Å². The molecule has 0 saturated carbocycles. The van der Waals surface area contributed by atoms with Crippen molar-refractivity contribution >= 4 is 27.5 Å². The minimum absolute atomic E-state index is 0.0344. The average Bonchev–Trinajstić information content (AvgIpc) is 2.08. The number of hydrogen-bond acceptors (Lipinski definition) is 1. The molecule has 0 aliphatic carbocycles. The SMILES string of the molecule is N#CC(Br)c1cccc(Cl)c1F. The normalized spacial score (nSPS) is 12.2. The average molecular weight is 248 g/mol. The second-order valence-corrected chi connectivity index (χ2v) is 3.46. The van der Waals surface area contributed by atoms with Crippen LogP contribution >= 0.6 is 27.5 Å². The zero-order chi connectivity index (χ0) is 9.14. The summed E-state index contributed by atoms with van der Waals surface area (Å²) in [5.74, 6) is -0.539. The van der Waals surface area contributed by atoms with Crippen LogP contribution in [0.5, 0.6) is 0 Å². The molecule has 0 amide bonds. The molecule has 1 aromatic carbocycles. The maximum absolute atomic E-state index is 13.1. The van der Waals surface area contributed by atoms with E-state index in [0.717, 1.165) is 0 Å². The van der Waals surface area contributed by atoms with E-state index >= 15 is 0 Å². The lowest BCUT2D eigenvalue weighted by Gasteiger charge is -2.03. The molecule has 1 nitrogen and oxygen atoms in total. The maximum atomic E-state index is 13.1. The molecule has 0 saturated heterocycles. The van der Waals surface area contributed by atoms with E-state index in [4.69, 9.17) is 16.9 Å². The molecule has 12 heavy (non-hydrogen) atoms. The van der Waals surface area contributed by atoms with Crippen molar-refractivity contribution < 1.29 is 4.39 Å². The monoisotopic (exact) mass is 247 g/mol. The highest BCUT2D eigenvalue weighted by Crippen LogP contribution is 2.27. The van der Waals surface area contributed by atoms with Crippen LogP contribution in [0.3, 0.4) is 0 Å². The molecule has 0 aliphatic heterocycles. The first-order chi connectivity index (χ1) is 5.66. The Balaban J connectivity index is 3.18. The predicted octanol–water partition coefficient (Wildman–Crippen LogP) is 3.44. The summed E-state index contributed by atoms with van der Waals surface area (Å²) in [6, 6.07) is 6.43. The summed E-state index contributed by atoms with van der Waals surface area (Å²) >= 11 is 8.52. The van der Waals surface area contributed by atoms with Crippen LogP contribution in [0.1, 0.15) is 10.4 Å². The first-order valence-electron chi connectivity index (χ1n) is 3.14. The van der Waals surface area contributed by atoms with Crippen LogP contribution in [0.15, 0.2) is 18.2 Å². The highest BCUT2D eigenvalue weighted by molar-refractivity contribution is 9.09. The predicted molar refractivity (Wildman–Crippen MR) is 48.7 cm³/mol. The van der Waals surface area contributed by atoms with Gasteiger partial charge in [-0.15, -0.1) is 0 Å². The molecule has 4 heteroatoms. The van der Waals surface area contributed by atoms with Gasteiger partial charge in [-0.1, -0.05) is 39.7 Å². The standard InChI is InChI=1S/C8H4BrClFN/c9-6(4-12)5-2-1-3-7(10)8(5)11/h1-3,6H. The third-order valence-corrected chi connectivity index (χ3v) is 2.36. The molecular formula is C8H4BrClFN. The van der Waals surface area contributed by atoms with Gasteiger partial charge in [0.15, 0.2) is 0 Å². The van der Waals surface area contributed by atoms with Gasteiger partial charge < -0.3 is 0 Å². The number of nitrogens with zero attached hydrogens (tertiary/aromatic N) is 1. The number of benzene rings is 1.